The molecule has 0 rings (SSSR count). The van der Waals surface area contributed by atoms with Crippen molar-refractivity contribution in [1.82, 2.24) is 0 Å². The Balaban J connectivity index is 4.47. The van der Waals surface area contributed by atoms with Crippen LogP contribution in [0.3, 0.4) is 0 Å². The largest absolute Gasteiger partial charge is 0.394 e. The van der Waals surface area contributed by atoms with Crippen molar-refractivity contribution in [2.45, 2.75) is 53.3 Å². The van der Waals surface area contributed by atoms with Gasteiger partial charge >= 0.3 is 8.56 Å². The molecule has 0 saturated heterocycles. The molecule has 1 atom stereocenters. The van der Waals surface area contributed by atoms with Gasteiger partial charge in [-0.2, -0.15) is 0 Å². The van der Waals surface area contributed by atoms with Crippen LogP contribution in [0.4, 0.5) is 0 Å². The molecule has 0 aromatic heterocycles. The summed E-state index contributed by atoms with van der Waals surface area (Å²) >= 11 is 0. The first-order chi connectivity index (χ1) is 6.75. The van der Waals surface area contributed by atoms with Crippen LogP contribution in [0.2, 0.25) is 6.55 Å². The minimum atomic E-state index is -2.18. The fourth-order valence-corrected chi connectivity index (χ4v) is 4.32. The van der Waals surface area contributed by atoms with Crippen molar-refractivity contribution in [1.29, 1.82) is 0 Å². The van der Waals surface area contributed by atoms with E-state index in [4.69, 9.17) is 14.6 Å². The van der Waals surface area contributed by atoms with Gasteiger partial charge < -0.3 is 14.6 Å². The normalized spacial score (nSPS) is 15.4. The summed E-state index contributed by atoms with van der Waals surface area (Å²) in [5.74, 6) is 0. The topological polar surface area (TPSA) is 44.5 Å². The first-order valence-corrected chi connectivity index (χ1v) is 8.18. The first kappa shape index (κ1) is 15.1. The molecule has 2 N–H and O–H groups in total. The zero-order chi connectivity index (χ0) is 12.1. The standard InChI is InChI=1S/C11H27NO2Si/c1-7-13-15(6,14-8-2)10(12)9-11(3,4)5/h10H,7-9,12H2,1-6H3. The second kappa shape index (κ2) is 5.99. The summed E-state index contributed by atoms with van der Waals surface area (Å²) < 4.78 is 11.5. The fourth-order valence-electron chi connectivity index (χ4n) is 1.67. The molecule has 0 aromatic rings. The van der Waals surface area contributed by atoms with E-state index in [2.05, 4.69) is 27.3 Å². The maximum atomic E-state index is 6.22. The van der Waals surface area contributed by atoms with Crippen molar-refractivity contribution in [3.8, 4) is 0 Å². The summed E-state index contributed by atoms with van der Waals surface area (Å²) in [5, 5.41) is 0. The van der Waals surface area contributed by atoms with E-state index >= 15 is 0 Å². The van der Waals surface area contributed by atoms with Crippen LogP contribution in [0.25, 0.3) is 0 Å². The molecule has 0 radical (unpaired) electrons. The van der Waals surface area contributed by atoms with Crippen LogP contribution < -0.4 is 5.73 Å². The van der Waals surface area contributed by atoms with Crippen molar-refractivity contribution in [3.63, 3.8) is 0 Å². The third-order valence-corrected chi connectivity index (χ3v) is 5.64. The van der Waals surface area contributed by atoms with E-state index in [1.54, 1.807) is 0 Å². The van der Waals surface area contributed by atoms with Crippen LogP contribution in [0, 0.1) is 5.41 Å². The summed E-state index contributed by atoms with van der Waals surface area (Å²) in [4.78, 5) is 0. The van der Waals surface area contributed by atoms with Crippen LogP contribution in [0.1, 0.15) is 41.0 Å². The van der Waals surface area contributed by atoms with E-state index in [9.17, 15) is 0 Å². The minimum Gasteiger partial charge on any atom is -0.394 e. The zero-order valence-electron chi connectivity index (χ0n) is 11.1. The second-order valence-corrected chi connectivity index (χ2v) is 8.60. The first-order valence-electron chi connectivity index (χ1n) is 5.78. The molecule has 0 aliphatic heterocycles. The van der Waals surface area contributed by atoms with Gasteiger partial charge in [0, 0.05) is 18.9 Å². The Morgan fingerprint density at radius 1 is 1.13 bits per heavy atom. The van der Waals surface area contributed by atoms with Gasteiger partial charge in [0.05, 0.1) is 0 Å². The van der Waals surface area contributed by atoms with Crippen molar-refractivity contribution in [3.05, 3.63) is 0 Å². The van der Waals surface area contributed by atoms with Crippen LogP contribution in [0.5, 0.6) is 0 Å². The molecule has 4 heteroatoms. The smallest absolute Gasteiger partial charge is 0.352 e. The van der Waals surface area contributed by atoms with Crippen molar-refractivity contribution in [2.75, 3.05) is 13.2 Å². The van der Waals surface area contributed by atoms with E-state index < -0.39 is 8.56 Å². The van der Waals surface area contributed by atoms with Gasteiger partial charge in [0.25, 0.3) is 0 Å². The molecule has 0 spiro atoms. The molecular weight excluding hydrogens is 206 g/mol. The summed E-state index contributed by atoms with van der Waals surface area (Å²) in [5.41, 5.74) is 6.49. The third kappa shape index (κ3) is 5.66. The average molecular weight is 233 g/mol. The van der Waals surface area contributed by atoms with E-state index in [0.29, 0.717) is 13.2 Å². The Morgan fingerprint density at radius 3 is 1.80 bits per heavy atom. The Kier molecular flexibility index (Phi) is 6.03. The highest BCUT2D eigenvalue weighted by Crippen LogP contribution is 2.25. The highest BCUT2D eigenvalue weighted by molar-refractivity contribution is 6.67. The number of nitrogens with two attached hydrogens (primary N) is 1. The van der Waals surface area contributed by atoms with Crippen molar-refractivity contribution >= 4 is 8.56 Å². The molecule has 1 unspecified atom stereocenters. The van der Waals surface area contributed by atoms with E-state index in [1.165, 1.54) is 0 Å². The molecule has 0 saturated carbocycles. The third-order valence-electron chi connectivity index (χ3n) is 2.37. The molecule has 0 aliphatic carbocycles. The predicted molar refractivity (Wildman–Crippen MR) is 66.9 cm³/mol. The van der Waals surface area contributed by atoms with Crippen molar-refractivity contribution < 1.29 is 8.85 Å². The Labute approximate surface area is 95.6 Å². The zero-order valence-corrected chi connectivity index (χ0v) is 12.1. The second-order valence-electron chi connectivity index (χ2n) is 5.25. The lowest BCUT2D eigenvalue weighted by Gasteiger charge is -2.35. The van der Waals surface area contributed by atoms with Gasteiger partial charge in [-0.3, -0.25) is 0 Å². The van der Waals surface area contributed by atoms with E-state index in [1.807, 2.05) is 13.8 Å². The summed E-state index contributed by atoms with van der Waals surface area (Å²) in [6.45, 7) is 14.0. The van der Waals surface area contributed by atoms with Gasteiger partial charge in [-0.05, 0) is 32.2 Å². The molecule has 3 nitrogen and oxygen atoms in total. The highest BCUT2D eigenvalue weighted by Gasteiger charge is 2.40. The lowest BCUT2D eigenvalue weighted by molar-refractivity contribution is 0.171. The van der Waals surface area contributed by atoms with Crippen LogP contribution >= 0.6 is 0 Å². The van der Waals surface area contributed by atoms with Gasteiger partial charge in [0.2, 0.25) is 0 Å². The van der Waals surface area contributed by atoms with Crippen LogP contribution in [-0.4, -0.2) is 27.4 Å². The average Bonchev–Trinajstić information content (AvgIpc) is 2.01. The molecule has 0 amide bonds. The maximum absolute atomic E-state index is 6.22. The summed E-state index contributed by atoms with van der Waals surface area (Å²) in [7, 11) is -2.18. The lowest BCUT2D eigenvalue weighted by Crippen LogP contribution is -2.56. The molecular formula is C11H27NO2Si. The molecule has 0 aliphatic rings. The van der Waals surface area contributed by atoms with Gasteiger partial charge in [-0.1, -0.05) is 20.8 Å². The van der Waals surface area contributed by atoms with Crippen LogP contribution in [0.15, 0.2) is 0 Å². The number of hydrogen-bond acceptors (Lipinski definition) is 3. The SMILES string of the molecule is CCO[Si](C)(OCC)C(N)CC(C)(C)C. The molecule has 15 heavy (non-hydrogen) atoms. The monoisotopic (exact) mass is 233 g/mol. The summed E-state index contributed by atoms with van der Waals surface area (Å²) in [6.07, 6.45) is 0.940. The molecule has 0 aromatic carbocycles. The van der Waals surface area contributed by atoms with Gasteiger partial charge in [0.15, 0.2) is 0 Å². The quantitative estimate of drug-likeness (QED) is 0.717. The maximum Gasteiger partial charge on any atom is 0.352 e. The Morgan fingerprint density at radius 2 is 1.53 bits per heavy atom. The van der Waals surface area contributed by atoms with Crippen LogP contribution in [-0.2, 0) is 8.85 Å². The molecule has 92 valence electrons. The Bertz CT molecular complexity index is 174. The van der Waals surface area contributed by atoms with Gasteiger partial charge in [0.1, 0.15) is 0 Å². The minimum absolute atomic E-state index is 0.0393. The number of rotatable bonds is 6. The Hall–Kier alpha value is 0.0969. The fraction of sp³-hybridized carbons (Fsp3) is 1.00. The van der Waals surface area contributed by atoms with Crippen molar-refractivity contribution in [2.24, 2.45) is 11.1 Å². The highest BCUT2D eigenvalue weighted by atomic mass is 28.4. The van der Waals surface area contributed by atoms with Gasteiger partial charge in [-0.25, -0.2) is 0 Å². The number of hydrogen-bond donors (Lipinski definition) is 1. The van der Waals surface area contributed by atoms with E-state index in [-0.39, 0.29) is 11.1 Å². The van der Waals surface area contributed by atoms with Gasteiger partial charge in [-0.15, -0.1) is 0 Å². The molecule has 0 fully saturated rings. The lowest BCUT2D eigenvalue weighted by atomic mass is 9.92. The summed E-state index contributed by atoms with van der Waals surface area (Å²) in [6, 6.07) is 0. The van der Waals surface area contributed by atoms with E-state index in [0.717, 1.165) is 6.42 Å². The molecule has 0 bridgehead atoms. The molecule has 0 heterocycles. The predicted octanol–water partition coefficient (Wildman–Crippen LogP) is 2.43.